The zero-order chi connectivity index (χ0) is 9.84. The number of halogens is 1. The quantitative estimate of drug-likeness (QED) is 0.723. The van der Waals surface area contributed by atoms with Crippen LogP contribution in [0.1, 0.15) is 10.9 Å². The SMILES string of the molecule is N[C@H](C(=O)O)C(Cl)c1ccccc1. The summed E-state index contributed by atoms with van der Waals surface area (Å²) in [6.45, 7) is 0. The summed E-state index contributed by atoms with van der Waals surface area (Å²) in [5, 5.41) is 7.92. The van der Waals surface area contributed by atoms with Gasteiger partial charge < -0.3 is 10.8 Å². The van der Waals surface area contributed by atoms with E-state index >= 15 is 0 Å². The normalized spacial score (nSPS) is 14.9. The van der Waals surface area contributed by atoms with Gasteiger partial charge in [0.05, 0.1) is 5.38 Å². The summed E-state index contributed by atoms with van der Waals surface area (Å²) < 4.78 is 0. The Labute approximate surface area is 81.1 Å². The number of carboxylic acid groups (broad SMARTS) is 1. The van der Waals surface area contributed by atoms with Crippen LogP contribution in [0, 0.1) is 0 Å². The van der Waals surface area contributed by atoms with E-state index in [1.165, 1.54) is 0 Å². The molecule has 0 bridgehead atoms. The molecule has 0 radical (unpaired) electrons. The highest BCUT2D eigenvalue weighted by Crippen LogP contribution is 2.22. The zero-order valence-corrected chi connectivity index (χ0v) is 7.61. The van der Waals surface area contributed by atoms with E-state index in [0.29, 0.717) is 0 Å². The minimum atomic E-state index is -1.09. The van der Waals surface area contributed by atoms with Gasteiger partial charge in [0.15, 0.2) is 0 Å². The van der Waals surface area contributed by atoms with Crippen molar-refractivity contribution in [3.8, 4) is 0 Å². The second kappa shape index (κ2) is 4.25. The molecular formula is C9H10ClNO2. The predicted octanol–water partition coefficient (Wildman–Crippen LogP) is 1.38. The molecule has 0 aliphatic rings. The lowest BCUT2D eigenvalue weighted by molar-refractivity contribution is -0.138. The smallest absolute Gasteiger partial charge is 0.322 e. The molecule has 3 N–H and O–H groups in total. The third-order valence-electron chi connectivity index (χ3n) is 1.72. The van der Waals surface area contributed by atoms with Crippen molar-refractivity contribution in [2.24, 2.45) is 5.73 Å². The number of hydrogen-bond acceptors (Lipinski definition) is 2. The fraction of sp³-hybridized carbons (Fsp3) is 0.222. The summed E-state index contributed by atoms with van der Waals surface area (Å²) in [5.41, 5.74) is 6.08. The molecule has 0 aliphatic carbocycles. The molecule has 4 heteroatoms. The molecule has 0 aromatic heterocycles. The molecule has 1 unspecified atom stereocenters. The largest absolute Gasteiger partial charge is 0.480 e. The van der Waals surface area contributed by atoms with Gasteiger partial charge in [-0.15, -0.1) is 11.6 Å². The Hall–Kier alpha value is -1.06. The van der Waals surface area contributed by atoms with E-state index < -0.39 is 17.4 Å². The van der Waals surface area contributed by atoms with Crippen molar-refractivity contribution in [3.63, 3.8) is 0 Å². The fourth-order valence-electron chi connectivity index (χ4n) is 0.969. The average Bonchev–Trinajstić information content (AvgIpc) is 2.17. The van der Waals surface area contributed by atoms with Gasteiger partial charge in [-0.1, -0.05) is 30.3 Å². The molecule has 3 nitrogen and oxygen atoms in total. The summed E-state index contributed by atoms with van der Waals surface area (Å²) in [4.78, 5) is 10.5. The van der Waals surface area contributed by atoms with Gasteiger partial charge in [-0.25, -0.2) is 0 Å². The van der Waals surface area contributed by atoms with Gasteiger partial charge in [0, 0.05) is 0 Å². The lowest BCUT2D eigenvalue weighted by Crippen LogP contribution is -2.34. The average molecular weight is 200 g/mol. The molecule has 0 saturated carbocycles. The Bertz CT molecular complexity index is 289. The number of hydrogen-bond donors (Lipinski definition) is 2. The zero-order valence-electron chi connectivity index (χ0n) is 6.85. The van der Waals surface area contributed by atoms with Crippen molar-refractivity contribution in [2.75, 3.05) is 0 Å². The maximum atomic E-state index is 10.5. The van der Waals surface area contributed by atoms with Crippen LogP contribution in [0.4, 0.5) is 0 Å². The minimum Gasteiger partial charge on any atom is -0.480 e. The van der Waals surface area contributed by atoms with Crippen LogP contribution in [-0.4, -0.2) is 17.1 Å². The van der Waals surface area contributed by atoms with Crippen LogP contribution in [0.5, 0.6) is 0 Å². The summed E-state index contributed by atoms with van der Waals surface area (Å²) in [7, 11) is 0. The Morgan fingerprint density at radius 3 is 2.38 bits per heavy atom. The van der Waals surface area contributed by atoms with E-state index in [4.69, 9.17) is 22.4 Å². The van der Waals surface area contributed by atoms with Crippen LogP contribution in [0.2, 0.25) is 0 Å². The number of rotatable bonds is 3. The first-order chi connectivity index (χ1) is 6.13. The first-order valence-electron chi connectivity index (χ1n) is 3.80. The number of benzene rings is 1. The summed E-state index contributed by atoms with van der Waals surface area (Å²) >= 11 is 5.85. The highest BCUT2D eigenvalue weighted by atomic mass is 35.5. The standard InChI is InChI=1S/C9H10ClNO2/c10-7(8(11)9(12)13)6-4-2-1-3-5-6/h1-5,7-8H,11H2,(H,12,13)/t7?,8-/m0/s1. The first kappa shape index (κ1) is 10.0. The number of nitrogens with two attached hydrogens (primary N) is 1. The van der Waals surface area contributed by atoms with Crippen molar-refractivity contribution in [3.05, 3.63) is 35.9 Å². The van der Waals surface area contributed by atoms with Crippen LogP contribution < -0.4 is 5.73 Å². The van der Waals surface area contributed by atoms with E-state index in [9.17, 15) is 4.79 Å². The Morgan fingerprint density at radius 1 is 1.38 bits per heavy atom. The Balaban J connectivity index is 2.79. The number of carbonyl (C=O) groups is 1. The molecule has 1 aromatic rings. The number of carboxylic acids is 1. The maximum absolute atomic E-state index is 10.5. The molecule has 2 atom stereocenters. The molecule has 0 fully saturated rings. The lowest BCUT2D eigenvalue weighted by Gasteiger charge is -2.13. The monoisotopic (exact) mass is 199 g/mol. The van der Waals surface area contributed by atoms with E-state index in [-0.39, 0.29) is 0 Å². The molecule has 0 heterocycles. The molecule has 1 aromatic carbocycles. The molecule has 1 rings (SSSR count). The van der Waals surface area contributed by atoms with E-state index in [1.54, 1.807) is 24.3 Å². The van der Waals surface area contributed by atoms with Crippen LogP contribution >= 0.6 is 11.6 Å². The second-order valence-electron chi connectivity index (χ2n) is 2.68. The molecule has 0 saturated heterocycles. The molecule has 70 valence electrons. The van der Waals surface area contributed by atoms with Crippen LogP contribution in [0.15, 0.2) is 30.3 Å². The fourth-order valence-corrected chi connectivity index (χ4v) is 1.22. The predicted molar refractivity (Wildman–Crippen MR) is 50.6 cm³/mol. The van der Waals surface area contributed by atoms with Gasteiger partial charge in [-0.2, -0.15) is 0 Å². The Morgan fingerprint density at radius 2 is 1.92 bits per heavy atom. The van der Waals surface area contributed by atoms with Gasteiger partial charge >= 0.3 is 5.97 Å². The van der Waals surface area contributed by atoms with Crippen molar-refractivity contribution >= 4 is 17.6 Å². The molecule has 13 heavy (non-hydrogen) atoms. The van der Waals surface area contributed by atoms with Gasteiger partial charge in [0.1, 0.15) is 6.04 Å². The maximum Gasteiger partial charge on any atom is 0.322 e. The topological polar surface area (TPSA) is 63.3 Å². The first-order valence-corrected chi connectivity index (χ1v) is 4.24. The third kappa shape index (κ3) is 2.44. The Kier molecular flexibility index (Phi) is 3.28. The van der Waals surface area contributed by atoms with E-state index in [2.05, 4.69) is 0 Å². The molecular weight excluding hydrogens is 190 g/mol. The van der Waals surface area contributed by atoms with Crippen molar-refractivity contribution in [1.29, 1.82) is 0 Å². The van der Waals surface area contributed by atoms with Gasteiger partial charge in [0.25, 0.3) is 0 Å². The van der Waals surface area contributed by atoms with E-state index in [0.717, 1.165) is 5.56 Å². The molecule has 0 aliphatic heterocycles. The third-order valence-corrected chi connectivity index (χ3v) is 2.24. The minimum absolute atomic E-state index is 0.682. The molecule has 0 spiro atoms. The lowest BCUT2D eigenvalue weighted by atomic mass is 10.1. The second-order valence-corrected chi connectivity index (χ2v) is 3.15. The summed E-state index contributed by atoms with van der Waals surface area (Å²) in [6, 6.07) is 7.85. The van der Waals surface area contributed by atoms with Crippen LogP contribution in [0.3, 0.4) is 0 Å². The number of alkyl halides is 1. The molecule has 0 amide bonds. The van der Waals surface area contributed by atoms with Gasteiger partial charge in [-0.05, 0) is 5.56 Å². The van der Waals surface area contributed by atoms with Crippen LogP contribution in [-0.2, 0) is 4.79 Å². The summed E-state index contributed by atoms with van der Waals surface area (Å²) in [6.07, 6.45) is 0. The van der Waals surface area contributed by atoms with E-state index in [1.807, 2.05) is 6.07 Å². The van der Waals surface area contributed by atoms with Crippen molar-refractivity contribution in [1.82, 2.24) is 0 Å². The van der Waals surface area contributed by atoms with Crippen molar-refractivity contribution < 1.29 is 9.90 Å². The summed E-state index contributed by atoms with van der Waals surface area (Å²) in [5.74, 6) is -1.09. The number of aliphatic carboxylic acids is 1. The van der Waals surface area contributed by atoms with Crippen LogP contribution in [0.25, 0.3) is 0 Å². The van der Waals surface area contributed by atoms with Crippen molar-refractivity contribution in [2.45, 2.75) is 11.4 Å². The highest BCUT2D eigenvalue weighted by Gasteiger charge is 2.22. The van der Waals surface area contributed by atoms with Gasteiger partial charge in [-0.3, -0.25) is 4.79 Å². The van der Waals surface area contributed by atoms with Gasteiger partial charge in [0.2, 0.25) is 0 Å². The highest BCUT2D eigenvalue weighted by molar-refractivity contribution is 6.22.